The summed E-state index contributed by atoms with van der Waals surface area (Å²) in [4.78, 5) is 24.9. The van der Waals surface area contributed by atoms with Crippen LogP contribution in [-0.4, -0.2) is 18.4 Å². The minimum Gasteiger partial charge on any atom is -0.484 e. The van der Waals surface area contributed by atoms with Crippen LogP contribution in [-0.2, 0) is 10.2 Å². The summed E-state index contributed by atoms with van der Waals surface area (Å²) < 4.78 is 5.61. The topological polar surface area (TPSA) is 67.4 Å². The molecule has 0 unspecified atom stereocenters. The first-order valence-electron chi connectivity index (χ1n) is 10.6. The number of hydrogen-bond donors (Lipinski definition) is 2. The molecule has 0 saturated carbocycles. The van der Waals surface area contributed by atoms with Gasteiger partial charge in [-0.05, 0) is 78.4 Å². The predicted molar refractivity (Wildman–Crippen MR) is 130 cm³/mol. The van der Waals surface area contributed by atoms with Gasteiger partial charge in [0.25, 0.3) is 11.8 Å². The van der Waals surface area contributed by atoms with Gasteiger partial charge in [0, 0.05) is 16.9 Å². The van der Waals surface area contributed by atoms with Crippen LogP contribution in [0, 0.1) is 13.8 Å². The molecule has 3 aromatic rings. The minimum absolute atomic E-state index is 0.0312. The SMILES string of the molecule is Cc1cc(C)cc(OCC(=O)Nc2cccc(NC(=O)c3ccc(C(C)(C)C)cc3)c2)c1. The van der Waals surface area contributed by atoms with Gasteiger partial charge in [0.15, 0.2) is 6.61 Å². The van der Waals surface area contributed by atoms with Crippen LogP contribution in [0.2, 0.25) is 0 Å². The maximum Gasteiger partial charge on any atom is 0.262 e. The van der Waals surface area contributed by atoms with E-state index in [9.17, 15) is 9.59 Å². The van der Waals surface area contributed by atoms with Crippen molar-refractivity contribution in [3.8, 4) is 5.75 Å². The Morgan fingerprint density at radius 3 is 2.00 bits per heavy atom. The molecule has 5 nitrogen and oxygen atoms in total. The fraction of sp³-hybridized carbons (Fsp3) is 0.259. The van der Waals surface area contributed by atoms with Crippen molar-refractivity contribution < 1.29 is 14.3 Å². The average molecular weight is 431 g/mol. The maximum atomic E-state index is 12.6. The van der Waals surface area contributed by atoms with E-state index in [1.54, 1.807) is 24.3 Å². The van der Waals surface area contributed by atoms with Crippen molar-refractivity contribution in [2.24, 2.45) is 0 Å². The monoisotopic (exact) mass is 430 g/mol. The number of aryl methyl sites for hydroxylation is 2. The molecule has 0 bridgehead atoms. The fourth-order valence-corrected chi connectivity index (χ4v) is 3.36. The van der Waals surface area contributed by atoms with Gasteiger partial charge in [0.1, 0.15) is 5.75 Å². The number of anilines is 2. The van der Waals surface area contributed by atoms with Crippen LogP contribution in [0.1, 0.15) is 47.8 Å². The van der Waals surface area contributed by atoms with Crippen LogP contribution in [0.25, 0.3) is 0 Å². The molecule has 0 saturated heterocycles. The number of ether oxygens (including phenoxy) is 1. The third kappa shape index (κ3) is 6.45. The van der Waals surface area contributed by atoms with Gasteiger partial charge in [-0.25, -0.2) is 0 Å². The predicted octanol–water partition coefficient (Wildman–Crippen LogP) is 5.87. The molecule has 0 aliphatic carbocycles. The number of nitrogens with one attached hydrogen (secondary N) is 2. The van der Waals surface area contributed by atoms with E-state index in [2.05, 4.69) is 31.4 Å². The highest BCUT2D eigenvalue weighted by Crippen LogP contribution is 2.23. The van der Waals surface area contributed by atoms with Gasteiger partial charge in [-0.2, -0.15) is 0 Å². The number of carbonyl (C=O) groups is 2. The first-order chi connectivity index (χ1) is 15.1. The summed E-state index contributed by atoms with van der Waals surface area (Å²) in [5, 5.41) is 5.68. The van der Waals surface area contributed by atoms with Crippen LogP contribution in [0.4, 0.5) is 11.4 Å². The van der Waals surface area contributed by atoms with Crippen molar-refractivity contribution in [3.63, 3.8) is 0 Å². The molecule has 3 rings (SSSR count). The Hall–Kier alpha value is -3.60. The van der Waals surface area contributed by atoms with Crippen molar-refractivity contribution in [1.82, 2.24) is 0 Å². The lowest BCUT2D eigenvalue weighted by Gasteiger charge is -2.19. The lowest BCUT2D eigenvalue weighted by atomic mass is 9.87. The summed E-state index contributed by atoms with van der Waals surface area (Å²) in [5.74, 6) is 0.189. The quantitative estimate of drug-likeness (QED) is 0.514. The molecule has 0 spiro atoms. The van der Waals surface area contributed by atoms with E-state index >= 15 is 0 Å². The number of hydrogen-bond acceptors (Lipinski definition) is 3. The molecule has 0 radical (unpaired) electrons. The molecule has 0 atom stereocenters. The summed E-state index contributed by atoms with van der Waals surface area (Å²) in [6, 6.07) is 20.5. The van der Waals surface area contributed by atoms with E-state index in [1.807, 2.05) is 56.3 Å². The summed E-state index contributed by atoms with van der Waals surface area (Å²) in [5.41, 5.74) is 5.12. The number of benzene rings is 3. The van der Waals surface area contributed by atoms with Crippen molar-refractivity contribution in [2.45, 2.75) is 40.0 Å². The highest BCUT2D eigenvalue weighted by Gasteiger charge is 2.14. The lowest BCUT2D eigenvalue weighted by molar-refractivity contribution is -0.118. The van der Waals surface area contributed by atoms with E-state index in [-0.39, 0.29) is 23.8 Å². The van der Waals surface area contributed by atoms with Crippen molar-refractivity contribution >= 4 is 23.2 Å². The van der Waals surface area contributed by atoms with Gasteiger partial charge >= 0.3 is 0 Å². The first kappa shape index (κ1) is 23.1. The van der Waals surface area contributed by atoms with E-state index < -0.39 is 0 Å². The Morgan fingerprint density at radius 2 is 1.41 bits per heavy atom. The minimum atomic E-state index is -0.273. The molecule has 0 aliphatic rings. The normalized spacial score (nSPS) is 11.0. The summed E-state index contributed by atoms with van der Waals surface area (Å²) in [6.45, 7) is 10.3. The number of carbonyl (C=O) groups excluding carboxylic acids is 2. The maximum absolute atomic E-state index is 12.6. The number of rotatable bonds is 6. The van der Waals surface area contributed by atoms with Crippen molar-refractivity contribution in [2.75, 3.05) is 17.2 Å². The average Bonchev–Trinajstić information content (AvgIpc) is 2.71. The van der Waals surface area contributed by atoms with Gasteiger partial charge in [-0.15, -0.1) is 0 Å². The molecule has 166 valence electrons. The molecule has 0 fully saturated rings. The smallest absolute Gasteiger partial charge is 0.262 e. The first-order valence-corrected chi connectivity index (χ1v) is 10.6. The third-order valence-electron chi connectivity index (χ3n) is 4.98. The summed E-state index contributed by atoms with van der Waals surface area (Å²) >= 11 is 0. The van der Waals surface area contributed by atoms with Gasteiger partial charge in [-0.3, -0.25) is 9.59 Å². The Balaban J connectivity index is 1.58. The van der Waals surface area contributed by atoms with Crippen LogP contribution in [0.3, 0.4) is 0 Å². The van der Waals surface area contributed by atoms with Crippen molar-refractivity contribution in [1.29, 1.82) is 0 Å². The van der Waals surface area contributed by atoms with Gasteiger partial charge in [0.2, 0.25) is 0 Å². The Bertz CT molecular complexity index is 1090. The second kappa shape index (κ2) is 9.69. The van der Waals surface area contributed by atoms with Gasteiger partial charge < -0.3 is 15.4 Å². The van der Waals surface area contributed by atoms with Crippen molar-refractivity contribution in [3.05, 3.63) is 89.0 Å². The molecule has 0 heterocycles. The second-order valence-electron chi connectivity index (χ2n) is 9.02. The Labute approximate surface area is 189 Å². The van der Waals surface area contributed by atoms with Crippen LogP contribution in [0.15, 0.2) is 66.7 Å². The third-order valence-corrected chi connectivity index (χ3v) is 4.98. The fourth-order valence-electron chi connectivity index (χ4n) is 3.36. The van der Waals surface area contributed by atoms with Crippen LogP contribution < -0.4 is 15.4 Å². The molecule has 32 heavy (non-hydrogen) atoms. The molecule has 0 aromatic heterocycles. The van der Waals surface area contributed by atoms with Crippen LogP contribution in [0.5, 0.6) is 5.75 Å². The second-order valence-corrected chi connectivity index (χ2v) is 9.02. The molecule has 0 aliphatic heterocycles. The Morgan fingerprint density at radius 1 is 0.812 bits per heavy atom. The Kier molecular flexibility index (Phi) is 6.98. The summed E-state index contributed by atoms with van der Waals surface area (Å²) in [6.07, 6.45) is 0. The standard InChI is InChI=1S/C27H30N2O3/c1-18-13-19(2)15-24(14-18)32-17-25(30)28-22-7-6-8-23(16-22)29-26(31)20-9-11-21(12-10-20)27(3,4)5/h6-16H,17H2,1-5H3,(H,28,30)(H,29,31). The van der Waals surface area contributed by atoms with E-state index in [0.717, 1.165) is 11.1 Å². The number of amides is 2. The van der Waals surface area contributed by atoms with Crippen LogP contribution >= 0.6 is 0 Å². The zero-order valence-corrected chi connectivity index (χ0v) is 19.3. The molecule has 3 aromatic carbocycles. The van der Waals surface area contributed by atoms with E-state index in [1.165, 1.54) is 5.56 Å². The molecular weight excluding hydrogens is 400 g/mol. The van der Waals surface area contributed by atoms with E-state index in [0.29, 0.717) is 22.7 Å². The lowest BCUT2D eigenvalue weighted by Crippen LogP contribution is -2.20. The van der Waals surface area contributed by atoms with Gasteiger partial charge in [-0.1, -0.05) is 45.0 Å². The molecule has 5 heteroatoms. The summed E-state index contributed by atoms with van der Waals surface area (Å²) in [7, 11) is 0. The highest BCUT2D eigenvalue weighted by atomic mass is 16.5. The highest BCUT2D eigenvalue weighted by molar-refractivity contribution is 6.04. The van der Waals surface area contributed by atoms with Gasteiger partial charge in [0.05, 0.1) is 0 Å². The largest absolute Gasteiger partial charge is 0.484 e. The molecule has 2 amide bonds. The molecular formula is C27H30N2O3. The zero-order chi connectivity index (χ0) is 23.3. The van der Waals surface area contributed by atoms with E-state index in [4.69, 9.17) is 4.74 Å². The molecule has 2 N–H and O–H groups in total. The zero-order valence-electron chi connectivity index (χ0n) is 19.3.